The molecule has 2 rings (SSSR count). The molecule has 22 heavy (non-hydrogen) atoms. The first kappa shape index (κ1) is 16.8. The van der Waals surface area contributed by atoms with Crippen LogP contribution in [0.2, 0.25) is 0 Å². The highest BCUT2D eigenvalue weighted by atomic mass is 16.3. The largest absolute Gasteiger partial charge is 0.390 e. The number of benzene rings is 1. The minimum atomic E-state index is -0.938. The molecule has 2 atom stereocenters. The highest BCUT2D eigenvalue weighted by molar-refractivity contribution is 5.72. The second-order valence-electron chi connectivity index (χ2n) is 5.89. The minimum Gasteiger partial charge on any atom is -0.390 e. The van der Waals surface area contributed by atoms with Gasteiger partial charge in [0.2, 0.25) is 5.91 Å². The van der Waals surface area contributed by atoms with Gasteiger partial charge >= 0.3 is 0 Å². The predicted molar refractivity (Wildman–Crippen MR) is 86.8 cm³/mol. The van der Waals surface area contributed by atoms with Crippen LogP contribution in [-0.2, 0) is 4.79 Å². The summed E-state index contributed by atoms with van der Waals surface area (Å²) in [6, 6.07) is 7.72. The number of nitrogens with zero attached hydrogens (tertiary/aromatic N) is 1. The zero-order chi connectivity index (χ0) is 15.9. The molecule has 1 aliphatic rings. The van der Waals surface area contributed by atoms with Crippen LogP contribution < -0.4 is 10.2 Å². The van der Waals surface area contributed by atoms with Crippen molar-refractivity contribution in [3.63, 3.8) is 0 Å². The van der Waals surface area contributed by atoms with Crippen LogP contribution in [0.25, 0.3) is 0 Å². The maximum absolute atomic E-state index is 10.9. The van der Waals surface area contributed by atoms with Crippen molar-refractivity contribution in [2.75, 3.05) is 24.5 Å². The third-order valence-electron chi connectivity index (χ3n) is 4.13. The molecule has 5 nitrogen and oxygen atoms in total. The fourth-order valence-corrected chi connectivity index (χ4v) is 2.92. The van der Waals surface area contributed by atoms with E-state index in [2.05, 4.69) is 10.2 Å². The number of nitrogens with one attached hydrogen (secondary N) is 1. The maximum Gasteiger partial charge on any atom is 0.216 e. The van der Waals surface area contributed by atoms with Gasteiger partial charge in [0.05, 0.1) is 6.10 Å². The van der Waals surface area contributed by atoms with Gasteiger partial charge in [-0.25, -0.2) is 0 Å². The molecular weight excluding hydrogens is 280 g/mol. The third kappa shape index (κ3) is 4.45. The highest BCUT2D eigenvalue weighted by Gasteiger charge is 2.23. The van der Waals surface area contributed by atoms with E-state index >= 15 is 0 Å². The average Bonchev–Trinajstić information content (AvgIpc) is 2.54. The number of rotatable bonds is 6. The molecule has 1 aromatic rings. The van der Waals surface area contributed by atoms with Gasteiger partial charge in [-0.1, -0.05) is 18.2 Å². The van der Waals surface area contributed by atoms with Crippen LogP contribution in [-0.4, -0.2) is 41.9 Å². The van der Waals surface area contributed by atoms with Crippen molar-refractivity contribution < 1.29 is 15.0 Å². The number of amides is 1. The Hall–Kier alpha value is -1.59. The van der Waals surface area contributed by atoms with E-state index in [1.165, 1.54) is 13.3 Å². The molecule has 0 spiro atoms. The number of hydrogen-bond acceptors (Lipinski definition) is 4. The molecule has 1 aromatic carbocycles. The van der Waals surface area contributed by atoms with E-state index in [1.807, 2.05) is 24.3 Å². The van der Waals surface area contributed by atoms with Crippen LogP contribution in [0.4, 0.5) is 5.69 Å². The van der Waals surface area contributed by atoms with Crippen molar-refractivity contribution in [1.82, 2.24) is 5.32 Å². The Morgan fingerprint density at radius 3 is 2.59 bits per heavy atom. The predicted octanol–water partition coefficient (Wildman–Crippen LogP) is 1.60. The first-order valence-electron chi connectivity index (χ1n) is 8.04. The molecule has 0 aliphatic carbocycles. The molecule has 1 amide bonds. The van der Waals surface area contributed by atoms with Crippen molar-refractivity contribution in [3.8, 4) is 0 Å². The van der Waals surface area contributed by atoms with Crippen LogP contribution >= 0.6 is 0 Å². The molecule has 1 saturated heterocycles. The molecule has 0 aromatic heterocycles. The molecule has 1 aliphatic heterocycles. The van der Waals surface area contributed by atoms with Gasteiger partial charge in [-0.05, 0) is 31.7 Å². The van der Waals surface area contributed by atoms with Crippen molar-refractivity contribution in [2.24, 2.45) is 0 Å². The summed E-state index contributed by atoms with van der Waals surface area (Å²) < 4.78 is 0. The van der Waals surface area contributed by atoms with Crippen molar-refractivity contribution in [1.29, 1.82) is 0 Å². The molecule has 5 heteroatoms. The molecule has 1 fully saturated rings. The second-order valence-corrected chi connectivity index (χ2v) is 5.89. The van der Waals surface area contributed by atoms with Crippen LogP contribution in [0.5, 0.6) is 0 Å². The Kier molecular flexibility index (Phi) is 6.21. The number of para-hydroxylation sites is 1. The van der Waals surface area contributed by atoms with Crippen LogP contribution in [0.3, 0.4) is 0 Å². The lowest BCUT2D eigenvalue weighted by Gasteiger charge is -2.32. The van der Waals surface area contributed by atoms with Crippen molar-refractivity contribution in [3.05, 3.63) is 29.8 Å². The summed E-state index contributed by atoms with van der Waals surface area (Å²) >= 11 is 0. The van der Waals surface area contributed by atoms with E-state index in [1.54, 1.807) is 0 Å². The standard InChI is InChI=1S/C17H26N2O3/c1-13(20)18-10-9-16(21)17(22)14-7-3-4-8-15(14)19-11-5-2-6-12-19/h3-4,7-8,16-17,21-22H,2,5-6,9-12H2,1H3,(H,18,20). The molecule has 122 valence electrons. The highest BCUT2D eigenvalue weighted by Crippen LogP contribution is 2.30. The topological polar surface area (TPSA) is 72.8 Å². The van der Waals surface area contributed by atoms with Gasteiger partial charge in [-0.15, -0.1) is 0 Å². The van der Waals surface area contributed by atoms with E-state index in [4.69, 9.17) is 0 Å². The van der Waals surface area contributed by atoms with Gasteiger partial charge in [0, 0.05) is 37.8 Å². The van der Waals surface area contributed by atoms with Gasteiger partial charge in [0.1, 0.15) is 6.10 Å². The molecule has 0 saturated carbocycles. The van der Waals surface area contributed by atoms with Crippen LogP contribution in [0.15, 0.2) is 24.3 Å². The summed E-state index contributed by atoms with van der Waals surface area (Å²) in [4.78, 5) is 13.1. The summed E-state index contributed by atoms with van der Waals surface area (Å²) in [5.74, 6) is -0.129. The number of aliphatic hydroxyl groups excluding tert-OH is 2. The fourth-order valence-electron chi connectivity index (χ4n) is 2.92. The van der Waals surface area contributed by atoms with Crippen molar-refractivity contribution >= 4 is 11.6 Å². The van der Waals surface area contributed by atoms with Gasteiger partial charge in [0.15, 0.2) is 0 Å². The number of carbonyl (C=O) groups is 1. The molecule has 2 unspecified atom stereocenters. The van der Waals surface area contributed by atoms with Gasteiger partial charge < -0.3 is 20.4 Å². The molecule has 1 heterocycles. The van der Waals surface area contributed by atoms with Gasteiger partial charge in [-0.2, -0.15) is 0 Å². The van der Waals surface area contributed by atoms with Crippen LogP contribution in [0.1, 0.15) is 44.3 Å². The van der Waals surface area contributed by atoms with Gasteiger partial charge in [0.25, 0.3) is 0 Å². The third-order valence-corrected chi connectivity index (χ3v) is 4.13. The van der Waals surface area contributed by atoms with Crippen LogP contribution in [0, 0.1) is 0 Å². The summed E-state index contributed by atoms with van der Waals surface area (Å²) in [5.41, 5.74) is 1.77. The molecular formula is C17H26N2O3. The quantitative estimate of drug-likeness (QED) is 0.746. The number of aliphatic hydroxyl groups is 2. The fraction of sp³-hybridized carbons (Fsp3) is 0.588. The summed E-state index contributed by atoms with van der Waals surface area (Å²) in [5, 5.41) is 23.3. The lowest BCUT2D eigenvalue weighted by Crippen LogP contribution is -2.32. The molecule has 0 bridgehead atoms. The van der Waals surface area contributed by atoms with E-state index < -0.39 is 12.2 Å². The normalized spacial score (nSPS) is 17.9. The van der Waals surface area contributed by atoms with E-state index in [0.29, 0.717) is 13.0 Å². The first-order valence-corrected chi connectivity index (χ1v) is 8.04. The monoisotopic (exact) mass is 306 g/mol. The summed E-state index contributed by atoms with van der Waals surface area (Å²) in [6.45, 7) is 3.78. The Balaban J connectivity index is 2.05. The van der Waals surface area contributed by atoms with E-state index in [-0.39, 0.29) is 5.91 Å². The number of hydrogen-bond donors (Lipinski definition) is 3. The number of carbonyl (C=O) groups excluding carboxylic acids is 1. The average molecular weight is 306 g/mol. The second kappa shape index (κ2) is 8.15. The maximum atomic E-state index is 10.9. The smallest absolute Gasteiger partial charge is 0.216 e. The summed E-state index contributed by atoms with van der Waals surface area (Å²) in [6.07, 6.45) is 2.07. The minimum absolute atomic E-state index is 0.129. The van der Waals surface area contributed by atoms with E-state index in [9.17, 15) is 15.0 Å². The molecule has 0 radical (unpaired) electrons. The lowest BCUT2D eigenvalue weighted by molar-refractivity contribution is -0.119. The molecule has 3 N–H and O–H groups in total. The SMILES string of the molecule is CC(=O)NCCC(O)C(O)c1ccccc1N1CCCCC1. The van der Waals surface area contributed by atoms with Gasteiger partial charge in [-0.3, -0.25) is 4.79 Å². The Labute approximate surface area is 131 Å². The lowest BCUT2D eigenvalue weighted by atomic mass is 9.98. The first-order chi connectivity index (χ1) is 10.6. The zero-order valence-electron chi connectivity index (χ0n) is 13.2. The number of anilines is 1. The summed E-state index contributed by atoms with van der Waals surface area (Å²) in [7, 11) is 0. The van der Waals surface area contributed by atoms with E-state index in [0.717, 1.165) is 37.2 Å². The van der Waals surface area contributed by atoms with Crippen molar-refractivity contribution in [2.45, 2.75) is 44.8 Å². The Morgan fingerprint density at radius 1 is 1.23 bits per heavy atom. The Morgan fingerprint density at radius 2 is 1.91 bits per heavy atom. The zero-order valence-corrected chi connectivity index (χ0v) is 13.2. The Bertz CT molecular complexity index is 487. The number of piperidine rings is 1.